The zero-order valence-electron chi connectivity index (χ0n) is 16.5. The van der Waals surface area contributed by atoms with Gasteiger partial charge in [0.2, 0.25) is 11.8 Å². The summed E-state index contributed by atoms with van der Waals surface area (Å²) in [5.74, 6) is 0.446. The van der Waals surface area contributed by atoms with E-state index in [1.165, 1.54) is 7.11 Å². The Morgan fingerprint density at radius 3 is 2.11 bits per heavy atom. The molecular weight excluding hydrogens is 358 g/mol. The Hall–Kier alpha value is -3.22. The number of methoxy groups -OCH3 is 2. The van der Waals surface area contributed by atoms with Gasteiger partial charge in [0.05, 0.1) is 19.9 Å². The maximum Gasteiger partial charge on any atom is 0.240 e. The Balaban J connectivity index is 1.72. The van der Waals surface area contributed by atoms with E-state index < -0.39 is 5.41 Å². The van der Waals surface area contributed by atoms with E-state index in [4.69, 9.17) is 9.47 Å². The van der Waals surface area contributed by atoms with Crippen LogP contribution >= 0.6 is 0 Å². The first-order valence-corrected chi connectivity index (χ1v) is 9.02. The summed E-state index contributed by atoms with van der Waals surface area (Å²) in [6, 6.07) is 12.6. The van der Waals surface area contributed by atoms with Crippen LogP contribution in [0.5, 0.6) is 11.5 Å². The largest absolute Gasteiger partial charge is 0.497 e. The Bertz CT molecular complexity index is 874. The van der Waals surface area contributed by atoms with Crippen LogP contribution in [0.3, 0.4) is 0 Å². The van der Waals surface area contributed by atoms with E-state index in [9.17, 15) is 9.59 Å². The Morgan fingerprint density at radius 2 is 1.57 bits per heavy atom. The summed E-state index contributed by atoms with van der Waals surface area (Å²) in [6.07, 6.45) is 1.01. The SMILES string of the molecule is COc1ccc(OC)c(NC(=O)C2(C(=O)Nc3ccc(N(C)C)cc3)CC2)c1. The standard InChI is InChI=1S/C21H25N3O4/c1-24(2)15-7-5-14(6-8-15)22-19(25)21(11-12-21)20(26)23-17-13-16(27-3)9-10-18(17)28-4/h5-10,13H,11-12H2,1-4H3,(H,22,25)(H,23,26). The number of ether oxygens (including phenoxy) is 2. The van der Waals surface area contributed by atoms with Gasteiger partial charge in [-0.1, -0.05) is 0 Å². The van der Waals surface area contributed by atoms with Gasteiger partial charge in [-0.15, -0.1) is 0 Å². The molecule has 0 aliphatic heterocycles. The number of rotatable bonds is 7. The lowest BCUT2D eigenvalue weighted by Crippen LogP contribution is -2.35. The quantitative estimate of drug-likeness (QED) is 0.718. The Kier molecular flexibility index (Phi) is 5.44. The van der Waals surface area contributed by atoms with Crippen molar-refractivity contribution in [1.82, 2.24) is 0 Å². The molecule has 7 nitrogen and oxygen atoms in total. The number of hydrogen-bond acceptors (Lipinski definition) is 5. The highest BCUT2D eigenvalue weighted by molar-refractivity contribution is 6.17. The summed E-state index contributed by atoms with van der Waals surface area (Å²) in [5.41, 5.74) is 1.10. The van der Waals surface area contributed by atoms with Crippen molar-refractivity contribution in [1.29, 1.82) is 0 Å². The molecule has 0 spiro atoms. The second-order valence-corrected chi connectivity index (χ2v) is 7.00. The van der Waals surface area contributed by atoms with Gasteiger partial charge in [0.1, 0.15) is 16.9 Å². The fourth-order valence-electron chi connectivity index (χ4n) is 2.93. The van der Waals surface area contributed by atoms with Crippen LogP contribution in [0.2, 0.25) is 0 Å². The molecule has 1 aliphatic carbocycles. The summed E-state index contributed by atoms with van der Waals surface area (Å²) in [6.45, 7) is 0. The molecule has 2 N–H and O–H groups in total. The molecule has 2 aromatic carbocycles. The monoisotopic (exact) mass is 383 g/mol. The molecule has 0 saturated heterocycles. The molecule has 0 aromatic heterocycles. The molecule has 0 bridgehead atoms. The third kappa shape index (κ3) is 3.88. The molecule has 1 saturated carbocycles. The highest BCUT2D eigenvalue weighted by atomic mass is 16.5. The zero-order chi connectivity index (χ0) is 20.3. The minimum Gasteiger partial charge on any atom is -0.497 e. The maximum absolute atomic E-state index is 12.9. The number of nitrogens with one attached hydrogen (secondary N) is 2. The van der Waals surface area contributed by atoms with E-state index in [2.05, 4.69) is 10.6 Å². The number of hydrogen-bond donors (Lipinski definition) is 2. The lowest BCUT2D eigenvalue weighted by atomic mass is 10.0. The average molecular weight is 383 g/mol. The number of carbonyl (C=O) groups is 2. The van der Waals surface area contributed by atoms with Gasteiger partial charge < -0.3 is 25.0 Å². The van der Waals surface area contributed by atoms with E-state index in [1.807, 2.05) is 43.3 Å². The molecular formula is C21H25N3O4. The Morgan fingerprint density at radius 1 is 0.929 bits per heavy atom. The van der Waals surface area contributed by atoms with Crippen molar-refractivity contribution in [3.8, 4) is 11.5 Å². The average Bonchev–Trinajstić information content (AvgIpc) is 3.50. The van der Waals surface area contributed by atoms with Crippen LogP contribution in [0.15, 0.2) is 42.5 Å². The van der Waals surface area contributed by atoms with Gasteiger partial charge >= 0.3 is 0 Å². The number of benzene rings is 2. The van der Waals surface area contributed by atoms with Crippen molar-refractivity contribution in [2.45, 2.75) is 12.8 Å². The molecule has 1 fully saturated rings. The van der Waals surface area contributed by atoms with E-state index >= 15 is 0 Å². The lowest BCUT2D eigenvalue weighted by molar-refractivity contribution is -0.131. The number of nitrogens with zero attached hydrogens (tertiary/aromatic N) is 1. The Labute approximate surface area is 164 Å². The van der Waals surface area contributed by atoms with Gasteiger partial charge in [0.25, 0.3) is 0 Å². The van der Waals surface area contributed by atoms with Crippen LogP contribution in [-0.4, -0.2) is 40.1 Å². The van der Waals surface area contributed by atoms with Crippen LogP contribution in [0.4, 0.5) is 17.1 Å². The topological polar surface area (TPSA) is 79.9 Å². The highest BCUT2D eigenvalue weighted by Gasteiger charge is 2.56. The molecule has 148 valence electrons. The molecule has 2 aromatic rings. The van der Waals surface area contributed by atoms with Gasteiger partial charge in [-0.2, -0.15) is 0 Å². The van der Waals surface area contributed by atoms with Crippen molar-refractivity contribution >= 4 is 28.9 Å². The third-order valence-corrected chi connectivity index (χ3v) is 4.92. The summed E-state index contributed by atoms with van der Waals surface area (Å²) in [7, 11) is 6.97. The van der Waals surface area contributed by atoms with Crippen molar-refractivity contribution in [2.75, 3.05) is 43.8 Å². The highest BCUT2D eigenvalue weighted by Crippen LogP contribution is 2.48. The van der Waals surface area contributed by atoms with Crippen molar-refractivity contribution in [3.05, 3.63) is 42.5 Å². The molecule has 7 heteroatoms. The van der Waals surface area contributed by atoms with Crippen molar-refractivity contribution in [3.63, 3.8) is 0 Å². The van der Waals surface area contributed by atoms with Gasteiger partial charge in [0.15, 0.2) is 0 Å². The first-order chi connectivity index (χ1) is 13.4. The van der Waals surface area contributed by atoms with E-state index in [0.29, 0.717) is 35.7 Å². The van der Waals surface area contributed by atoms with Crippen molar-refractivity contribution < 1.29 is 19.1 Å². The van der Waals surface area contributed by atoms with Crippen LogP contribution in [0.25, 0.3) is 0 Å². The van der Waals surface area contributed by atoms with E-state index in [-0.39, 0.29) is 11.8 Å². The first kappa shape index (κ1) is 19.5. The molecule has 28 heavy (non-hydrogen) atoms. The van der Waals surface area contributed by atoms with Crippen LogP contribution < -0.4 is 25.0 Å². The number of amides is 2. The molecule has 0 heterocycles. The van der Waals surface area contributed by atoms with Gasteiger partial charge in [0, 0.05) is 31.5 Å². The molecule has 0 unspecified atom stereocenters. The minimum atomic E-state index is -1.06. The van der Waals surface area contributed by atoms with Crippen molar-refractivity contribution in [2.24, 2.45) is 5.41 Å². The molecule has 0 atom stereocenters. The van der Waals surface area contributed by atoms with Crippen LogP contribution in [0, 0.1) is 5.41 Å². The lowest BCUT2D eigenvalue weighted by Gasteiger charge is -2.18. The smallest absolute Gasteiger partial charge is 0.240 e. The second kappa shape index (κ2) is 7.80. The van der Waals surface area contributed by atoms with Gasteiger partial charge in [-0.05, 0) is 49.2 Å². The first-order valence-electron chi connectivity index (χ1n) is 9.02. The maximum atomic E-state index is 12.9. The molecule has 1 aliphatic rings. The number of anilines is 3. The van der Waals surface area contributed by atoms with E-state index in [1.54, 1.807) is 25.3 Å². The minimum absolute atomic E-state index is 0.301. The van der Waals surface area contributed by atoms with Crippen LogP contribution in [-0.2, 0) is 9.59 Å². The third-order valence-electron chi connectivity index (χ3n) is 4.92. The predicted molar refractivity (Wildman–Crippen MR) is 109 cm³/mol. The fourth-order valence-corrected chi connectivity index (χ4v) is 2.93. The summed E-state index contributed by atoms with van der Waals surface area (Å²) in [5, 5.41) is 5.67. The fraction of sp³-hybridized carbons (Fsp3) is 0.333. The normalized spacial score (nSPS) is 14.0. The summed E-state index contributed by atoms with van der Waals surface area (Å²) < 4.78 is 10.5. The number of carbonyl (C=O) groups excluding carboxylic acids is 2. The second-order valence-electron chi connectivity index (χ2n) is 7.00. The zero-order valence-corrected chi connectivity index (χ0v) is 16.5. The molecule has 3 rings (SSSR count). The van der Waals surface area contributed by atoms with E-state index in [0.717, 1.165) is 5.69 Å². The summed E-state index contributed by atoms with van der Waals surface area (Å²) in [4.78, 5) is 27.6. The molecule has 0 radical (unpaired) electrons. The van der Waals surface area contributed by atoms with Gasteiger partial charge in [-0.25, -0.2) is 0 Å². The van der Waals surface area contributed by atoms with Crippen LogP contribution in [0.1, 0.15) is 12.8 Å². The molecule has 2 amide bonds. The van der Waals surface area contributed by atoms with Gasteiger partial charge in [-0.3, -0.25) is 9.59 Å². The predicted octanol–water partition coefficient (Wildman–Crippen LogP) is 3.13. The summed E-state index contributed by atoms with van der Waals surface area (Å²) >= 11 is 0.